The Morgan fingerprint density at radius 3 is 2.70 bits per heavy atom. The van der Waals surface area contributed by atoms with E-state index < -0.39 is 0 Å². The van der Waals surface area contributed by atoms with E-state index in [2.05, 4.69) is 30.6 Å². The highest BCUT2D eigenvalue weighted by Gasteiger charge is 2.29. The van der Waals surface area contributed by atoms with Gasteiger partial charge in [-0.05, 0) is 42.5 Å². The maximum absolute atomic E-state index is 13.7. The molecule has 2 rings (SSSR count). The second kappa shape index (κ2) is 6.88. The quantitative estimate of drug-likeness (QED) is 0.837. The van der Waals surface area contributed by atoms with Crippen LogP contribution in [0, 0.1) is 23.6 Å². The van der Waals surface area contributed by atoms with Gasteiger partial charge in [0.15, 0.2) is 0 Å². The van der Waals surface area contributed by atoms with Crippen molar-refractivity contribution in [2.24, 2.45) is 11.7 Å². The van der Waals surface area contributed by atoms with Crippen LogP contribution >= 0.6 is 0 Å². The molecule has 0 aliphatic heterocycles. The first-order valence-corrected chi connectivity index (χ1v) is 7.31. The minimum absolute atomic E-state index is 0.218. The van der Waals surface area contributed by atoms with Crippen molar-refractivity contribution in [3.05, 3.63) is 35.1 Å². The highest BCUT2D eigenvalue weighted by molar-refractivity contribution is 5.38. The number of halogens is 1. The Bertz CT molecular complexity index is 509. The Morgan fingerprint density at radius 1 is 1.35 bits per heavy atom. The van der Waals surface area contributed by atoms with Crippen LogP contribution in [0.15, 0.2) is 18.2 Å². The molecule has 108 valence electrons. The van der Waals surface area contributed by atoms with Gasteiger partial charge in [0.2, 0.25) is 0 Å². The monoisotopic (exact) mass is 274 g/mol. The molecular weight excluding hydrogens is 251 g/mol. The summed E-state index contributed by atoms with van der Waals surface area (Å²) in [7, 11) is 0. The molecule has 0 spiro atoms. The second-order valence-corrected chi connectivity index (χ2v) is 5.91. The first-order valence-electron chi connectivity index (χ1n) is 7.31. The number of benzene rings is 1. The van der Waals surface area contributed by atoms with Crippen LogP contribution < -0.4 is 5.73 Å². The molecule has 2 N–H and O–H groups in total. The van der Waals surface area contributed by atoms with Gasteiger partial charge in [-0.1, -0.05) is 25.7 Å². The Balaban J connectivity index is 2.12. The molecule has 1 fully saturated rings. The number of rotatable bonds is 5. The molecule has 0 bridgehead atoms. The van der Waals surface area contributed by atoms with E-state index in [1.54, 1.807) is 6.07 Å². The van der Waals surface area contributed by atoms with Gasteiger partial charge in [-0.3, -0.25) is 4.90 Å². The lowest BCUT2D eigenvalue weighted by Crippen LogP contribution is -2.29. The van der Waals surface area contributed by atoms with Crippen LogP contribution in [0.3, 0.4) is 0 Å². The number of nitrogens with zero attached hydrogens (tertiary/aromatic N) is 1. The third-order valence-electron chi connectivity index (χ3n) is 3.34. The molecule has 1 aromatic rings. The van der Waals surface area contributed by atoms with Crippen LogP contribution in [0.1, 0.15) is 37.8 Å². The Morgan fingerprint density at radius 2 is 2.10 bits per heavy atom. The van der Waals surface area contributed by atoms with E-state index in [9.17, 15) is 4.39 Å². The maximum Gasteiger partial charge on any atom is 0.124 e. The Hall–Kier alpha value is -1.37. The maximum atomic E-state index is 13.7. The van der Waals surface area contributed by atoms with Crippen LogP contribution in [0.5, 0.6) is 0 Å². The minimum atomic E-state index is -0.218. The summed E-state index contributed by atoms with van der Waals surface area (Å²) in [5.74, 6) is 6.10. The van der Waals surface area contributed by atoms with Crippen LogP contribution in [0.25, 0.3) is 0 Å². The van der Waals surface area contributed by atoms with Crippen molar-refractivity contribution in [1.82, 2.24) is 4.90 Å². The van der Waals surface area contributed by atoms with Gasteiger partial charge >= 0.3 is 0 Å². The van der Waals surface area contributed by atoms with Crippen molar-refractivity contribution in [1.29, 1.82) is 0 Å². The molecule has 0 radical (unpaired) electrons. The highest BCUT2D eigenvalue weighted by Crippen LogP contribution is 2.29. The summed E-state index contributed by atoms with van der Waals surface area (Å²) in [6.45, 7) is 6.61. The first kappa shape index (κ1) is 15.0. The van der Waals surface area contributed by atoms with Crippen molar-refractivity contribution in [3.8, 4) is 11.8 Å². The molecule has 1 aliphatic carbocycles. The molecule has 1 saturated carbocycles. The molecule has 20 heavy (non-hydrogen) atoms. The van der Waals surface area contributed by atoms with E-state index in [0.29, 0.717) is 24.1 Å². The average Bonchev–Trinajstić information content (AvgIpc) is 3.18. The molecule has 3 heteroatoms. The summed E-state index contributed by atoms with van der Waals surface area (Å²) in [5.41, 5.74) is 7.07. The topological polar surface area (TPSA) is 29.3 Å². The minimum Gasteiger partial charge on any atom is -0.320 e. The van der Waals surface area contributed by atoms with Crippen LogP contribution in [0.2, 0.25) is 0 Å². The molecule has 2 nitrogen and oxygen atoms in total. The Kier molecular flexibility index (Phi) is 5.17. The van der Waals surface area contributed by atoms with Gasteiger partial charge in [0.25, 0.3) is 0 Å². The van der Waals surface area contributed by atoms with Crippen molar-refractivity contribution in [2.75, 3.05) is 13.1 Å². The Labute approximate surface area is 121 Å². The van der Waals surface area contributed by atoms with E-state index in [4.69, 9.17) is 5.73 Å². The van der Waals surface area contributed by atoms with Crippen molar-refractivity contribution < 1.29 is 4.39 Å². The van der Waals surface area contributed by atoms with Crippen LogP contribution in [0.4, 0.5) is 4.39 Å². The average molecular weight is 274 g/mol. The summed E-state index contributed by atoms with van der Waals surface area (Å²) < 4.78 is 13.7. The molecular formula is C17H23FN2. The summed E-state index contributed by atoms with van der Waals surface area (Å²) in [6, 6.07) is 5.74. The predicted octanol–water partition coefficient (Wildman–Crippen LogP) is 2.76. The summed E-state index contributed by atoms with van der Waals surface area (Å²) in [4.78, 5) is 2.46. The zero-order valence-electron chi connectivity index (χ0n) is 12.3. The lowest BCUT2D eigenvalue weighted by molar-refractivity contribution is 0.226. The van der Waals surface area contributed by atoms with Gasteiger partial charge in [-0.2, -0.15) is 0 Å². The summed E-state index contributed by atoms with van der Waals surface area (Å²) in [6.07, 6.45) is 2.53. The largest absolute Gasteiger partial charge is 0.320 e. The predicted molar refractivity (Wildman–Crippen MR) is 80.6 cm³/mol. The molecule has 0 unspecified atom stereocenters. The fraction of sp³-hybridized carbons (Fsp3) is 0.529. The van der Waals surface area contributed by atoms with Gasteiger partial charge in [-0.25, -0.2) is 4.39 Å². The first-order chi connectivity index (χ1) is 9.58. The molecule has 0 saturated heterocycles. The molecule has 0 atom stereocenters. The SMILES string of the molecule is CC(C)CN(Cc1cc(F)cc(C#CCN)c1)C1CC1. The summed E-state index contributed by atoms with van der Waals surface area (Å²) in [5, 5.41) is 0. The van der Waals surface area contributed by atoms with Gasteiger partial charge in [0.05, 0.1) is 6.54 Å². The fourth-order valence-electron chi connectivity index (χ4n) is 2.45. The lowest BCUT2D eigenvalue weighted by atomic mass is 10.1. The number of hydrogen-bond donors (Lipinski definition) is 1. The molecule has 0 heterocycles. The van der Waals surface area contributed by atoms with Gasteiger partial charge in [-0.15, -0.1) is 0 Å². The highest BCUT2D eigenvalue weighted by atomic mass is 19.1. The zero-order valence-corrected chi connectivity index (χ0v) is 12.3. The van der Waals surface area contributed by atoms with E-state index in [0.717, 1.165) is 18.7 Å². The standard InChI is InChI=1S/C17H23FN2/c1-13(2)11-20(17-5-6-17)12-15-8-14(4-3-7-19)9-16(18)10-15/h8-10,13,17H,5-7,11-12,19H2,1-2H3. The van der Waals surface area contributed by atoms with Gasteiger partial charge in [0.1, 0.15) is 5.82 Å². The zero-order chi connectivity index (χ0) is 14.5. The third-order valence-corrected chi connectivity index (χ3v) is 3.34. The summed E-state index contributed by atoms with van der Waals surface area (Å²) >= 11 is 0. The van der Waals surface area contributed by atoms with Crippen LogP contribution in [-0.4, -0.2) is 24.0 Å². The lowest BCUT2D eigenvalue weighted by Gasteiger charge is -2.24. The van der Waals surface area contributed by atoms with Crippen LogP contribution in [-0.2, 0) is 6.54 Å². The number of hydrogen-bond acceptors (Lipinski definition) is 2. The third kappa shape index (κ3) is 4.63. The second-order valence-electron chi connectivity index (χ2n) is 5.91. The number of nitrogens with two attached hydrogens (primary N) is 1. The smallest absolute Gasteiger partial charge is 0.124 e. The van der Waals surface area contributed by atoms with Gasteiger partial charge in [0, 0.05) is 24.7 Å². The molecule has 1 aliphatic rings. The van der Waals surface area contributed by atoms with E-state index in [-0.39, 0.29) is 5.82 Å². The van der Waals surface area contributed by atoms with E-state index >= 15 is 0 Å². The molecule has 1 aromatic carbocycles. The fourth-order valence-corrected chi connectivity index (χ4v) is 2.45. The normalized spacial score (nSPS) is 14.5. The van der Waals surface area contributed by atoms with Gasteiger partial charge < -0.3 is 5.73 Å². The van der Waals surface area contributed by atoms with E-state index in [1.807, 2.05) is 6.07 Å². The van der Waals surface area contributed by atoms with Crippen molar-refractivity contribution >= 4 is 0 Å². The molecule has 0 aromatic heterocycles. The van der Waals surface area contributed by atoms with E-state index in [1.165, 1.54) is 18.9 Å². The molecule has 0 amide bonds. The van der Waals surface area contributed by atoms with Crippen molar-refractivity contribution in [3.63, 3.8) is 0 Å². The van der Waals surface area contributed by atoms with Crippen molar-refractivity contribution in [2.45, 2.75) is 39.3 Å².